The summed E-state index contributed by atoms with van der Waals surface area (Å²) in [7, 11) is -15.6. The largest absolute Gasteiger partial charge is 1.00 e. The maximum absolute atomic E-state index is 12.6. The Balaban J connectivity index is 0.00000321. The molecule has 0 aliphatic carbocycles. The molecule has 0 aromatic heterocycles. The first-order chi connectivity index (χ1) is 32.7. The Morgan fingerprint density at radius 1 is 0.514 bits per heavy atom. The first-order valence-electron chi connectivity index (χ1n) is 19.4. The predicted molar refractivity (Wildman–Crippen MR) is 248 cm³/mol. The maximum atomic E-state index is 12.6. The number of aromatic hydroxyl groups is 2. The second-order valence-electron chi connectivity index (χ2n) is 14.5. The van der Waals surface area contributed by atoms with Crippen molar-refractivity contribution in [3.63, 3.8) is 0 Å². The van der Waals surface area contributed by atoms with Crippen LogP contribution in [0.5, 0.6) is 17.2 Å². The second kappa shape index (κ2) is 23.5. The SMILES string of the molecule is Nc1cc(N)c(N=Nc2cc(S(=O)(=O)[O-])cc3cc(S(=O)(=O)[O-])c(N=Nc4ccc(-c5ccc(N=Nc6ccc(O)cc6)cc5)cc4)c(O)c23)cc1N=Nc1ccc2c[c-]cc(OS(=O)(=O)O)c2c1.[Na+].[Na+].[Na+]. The first-order valence-corrected chi connectivity index (χ1v) is 23.6. The van der Waals surface area contributed by atoms with Gasteiger partial charge in [0.05, 0.1) is 55.0 Å². The van der Waals surface area contributed by atoms with Crippen LogP contribution in [0.4, 0.5) is 56.9 Å². The minimum absolute atomic E-state index is 0. The maximum Gasteiger partial charge on any atom is 1.00 e. The van der Waals surface area contributed by atoms with Gasteiger partial charge in [-0.3, -0.25) is 4.55 Å². The van der Waals surface area contributed by atoms with E-state index in [4.69, 9.17) is 11.5 Å². The van der Waals surface area contributed by atoms with Gasteiger partial charge in [0, 0.05) is 5.75 Å². The van der Waals surface area contributed by atoms with Crippen molar-refractivity contribution >= 4 is 109 Å². The average Bonchev–Trinajstić information content (AvgIpc) is 3.29. The second-order valence-corrected chi connectivity index (χ2v) is 18.3. The van der Waals surface area contributed by atoms with Gasteiger partial charge in [-0.05, 0) is 108 Å². The molecule has 8 rings (SSSR count). The number of phenols is 2. The van der Waals surface area contributed by atoms with Gasteiger partial charge in [0.2, 0.25) is 0 Å². The molecule has 0 saturated carbocycles. The number of nitrogens with zero attached hydrogens (tertiary/aromatic N) is 8. The van der Waals surface area contributed by atoms with E-state index in [1.807, 2.05) is 0 Å². The molecule has 0 radical (unpaired) electrons. The molecule has 8 aromatic rings. The van der Waals surface area contributed by atoms with Crippen molar-refractivity contribution in [1.29, 1.82) is 0 Å². The molecule has 0 heterocycles. The van der Waals surface area contributed by atoms with E-state index in [0.717, 1.165) is 23.3 Å². The summed E-state index contributed by atoms with van der Waals surface area (Å²) < 4.78 is 111. The third-order valence-electron chi connectivity index (χ3n) is 9.79. The van der Waals surface area contributed by atoms with Crippen LogP contribution in [0.3, 0.4) is 0 Å². The van der Waals surface area contributed by atoms with E-state index in [1.165, 1.54) is 60.7 Å². The molecular weight excluding hydrogens is 1030 g/mol. The van der Waals surface area contributed by atoms with Crippen molar-refractivity contribution < 1.29 is 142 Å². The van der Waals surface area contributed by atoms with Gasteiger partial charge in [-0.2, -0.15) is 41.0 Å². The fraction of sp³-hybridized carbons (Fsp3) is 0. The van der Waals surface area contributed by atoms with Crippen molar-refractivity contribution in [3.8, 4) is 28.4 Å². The zero-order valence-corrected chi connectivity index (χ0v) is 46.1. The van der Waals surface area contributed by atoms with Crippen LogP contribution in [-0.4, -0.2) is 49.1 Å². The zero-order valence-electron chi connectivity index (χ0n) is 37.7. The van der Waals surface area contributed by atoms with Crippen molar-refractivity contribution in [2.24, 2.45) is 40.9 Å². The van der Waals surface area contributed by atoms with Crippen LogP contribution in [-0.2, 0) is 30.6 Å². The molecule has 0 unspecified atom stereocenters. The number of azo groups is 4. The number of fused-ring (bicyclic) bond motifs is 2. The van der Waals surface area contributed by atoms with Crippen LogP contribution < -0.4 is 104 Å². The van der Waals surface area contributed by atoms with E-state index in [9.17, 15) is 49.1 Å². The molecule has 0 aliphatic heterocycles. The van der Waals surface area contributed by atoms with Crippen LogP contribution >= 0.6 is 0 Å². The molecule has 0 saturated heterocycles. The van der Waals surface area contributed by atoms with Gasteiger partial charge in [-0.1, -0.05) is 29.7 Å². The Hall–Kier alpha value is -5.59. The summed E-state index contributed by atoms with van der Waals surface area (Å²) in [5.74, 6) is -1.13. The Morgan fingerprint density at radius 3 is 1.56 bits per heavy atom. The van der Waals surface area contributed by atoms with Crippen LogP contribution in [0.1, 0.15) is 0 Å². The third kappa shape index (κ3) is 13.9. The Kier molecular flexibility index (Phi) is 18.7. The molecule has 28 heteroatoms. The van der Waals surface area contributed by atoms with Gasteiger partial charge in [0.15, 0.2) is 5.75 Å². The topological polar surface area (TPSA) is 369 Å². The van der Waals surface area contributed by atoms with Crippen molar-refractivity contribution in [2.45, 2.75) is 9.79 Å². The number of benzene rings is 8. The standard InChI is InChI=1S/C44H31N10O12S3.3Na/c45-35-22-36(46)38(23-37(35)51-50-31-13-8-26-2-1-3-40(34(26)20-31)66-69(63,64)65)52-53-39-21-33(67(57,58)59)18-27-19-41(68(60,61)62)43(44(56)42(27)39)54-49-29-11-6-25(7-12-29)24-4-9-28(10-5-24)47-48-30-14-16-32(55)17-15-30;;;/h2-23,55-56H,45-46H2,(H,57,58,59)(H,60,61,62)(H,63,64,65);;;/q-1;3*+1/p-2. The monoisotopic (exact) mass is 1050 g/mol. The molecule has 348 valence electrons. The van der Waals surface area contributed by atoms with E-state index < -0.39 is 68.3 Å². The van der Waals surface area contributed by atoms with E-state index in [1.54, 1.807) is 54.6 Å². The molecular formula is C44H29N10Na3O12S3. The van der Waals surface area contributed by atoms with Crippen LogP contribution in [0.2, 0.25) is 0 Å². The minimum atomic E-state index is -5.46. The van der Waals surface area contributed by atoms with Gasteiger partial charge >= 0.3 is 99.1 Å². The van der Waals surface area contributed by atoms with Gasteiger partial charge in [0.1, 0.15) is 43.0 Å². The summed E-state index contributed by atoms with van der Waals surface area (Å²) in [6.45, 7) is 0. The zero-order chi connectivity index (χ0) is 49.3. The Labute approximate surface area is 476 Å². The Bertz CT molecular complexity index is 3840. The van der Waals surface area contributed by atoms with Crippen LogP contribution in [0.15, 0.2) is 184 Å². The first kappa shape index (κ1) is 57.3. The fourth-order valence-electron chi connectivity index (χ4n) is 6.55. The van der Waals surface area contributed by atoms with Gasteiger partial charge in [-0.15, -0.1) is 38.0 Å². The summed E-state index contributed by atoms with van der Waals surface area (Å²) in [6, 6.07) is 34.2. The number of anilines is 2. The predicted octanol–water partition coefficient (Wildman–Crippen LogP) is 1.70. The average molecular weight is 1050 g/mol. The Morgan fingerprint density at radius 2 is 1.01 bits per heavy atom. The number of phenolic OH excluding ortho intramolecular Hbond substituents is 2. The minimum Gasteiger partial charge on any atom is -0.744 e. The quantitative estimate of drug-likeness (QED) is 0.0361. The molecule has 0 aliphatic rings. The van der Waals surface area contributed by atoms with E-state index in [-0.39, 0.29) is 140 Å². The summed E-state index contributed by atoms with van der Waals surface area (Å²) in [5, 5.41) is 53.6. The van der Waals surface area contributed by atoms with Crippen molar-refractivity contribution in [2.75, 3.05) is 11.5 Å². The van der Waals surface area contributed by atoms with Crippen LogP contribution in [0, 0.1) is 6.07 Å². The molecule has 8 aromatic carbocycles. The van der Waals surface area contributed by atoms with E-state index >= 15 is 0 Å². The molecule has 7 N–H and O–H groups in total. The van der Waals surface area contributed by atoms with Gasteiger partial charge < -0.3 is 35.0 Å². The third-order valence-corrected chi connectivity index (χ3v) is 11.8. The number of rotatable bonds is 13. The van der Waals surface area contributed by atoms with Crippen molar-refractivity contribution in [1.82, 2.24) is 0 Å². The summed E-state index contributed by atoms with van der Waals surface area (Å²) in [4.78, 5) is -2.04. The molecule has 72 heavy (non-hydrogen) atoms. The normalized spacial score (nSPS) is 12.1. The summed E-state index contributed by atoms with van der Waals surface area (Å²) in [5.41, 5.74) is 13.6. The van der Waals surface area contributed by atoms with Crippen molar-refractivity contribution in [3.05, 3.63) is 140 Å². The fourth-order valence-corrected chi connectivity index (χ4v) is 8.09. The number of hydrogen-bond donors (Lipinski definition) is 5. The molecule has 0 spiro atoms. The van der Waals surface area contributed by atoms with Gasteiger partial charge in [-0.25, -0.2) is 16.8 Å². The molecule has 0 atom stereocenters. The van der Waals surface area contributed by atoms with Gasteiger partial charge in [0.25, 0.3) is 0 Å². The number of nitrogens with two attached hydrogens (primary N) is 2. The molecule has 0 fully saturated rings. The number of hydrogen-bond acceptors (Lipinski definition) is 21. The smallest absolute Gasteiger partial charge is 0.744 e. The van der Waals surface area contributed by atoms with Crippen LogP contribution in [0.25, 0.3) is 32.7 Å². The summed E-state index contributed by atoms with van der Waals surface area (Å²) in [6.07, 6.45) is 0. The van der Waals surface area contributed by atoms with E-state index in [0.29, 0.717) is 22.8 Å². The van der Waals surface area contributed by atoms with E-state index in [2.05, 4.69) is 51.2 Å². The summed E-state index contributed by atoms with van der Waals surface area (Å²) >= 11 is 0. The molecule has 0 bridgehead atoms. The number of nitrogen functional groups attached to an aromatic ring is 2. The molecule has 22 nitrogen and oxygen atoms in total. The molecule has 0 amide bonds.